The van der Waals surface area contributed by atoms with Crippen LogP contribution in [0.15, 0.2) is 11.4 Å². The van der Waals surface area contributed by atoms with Gasteiger partial charge in [-0.2, -0.15) is 0 Å². The zero-order chi connectivity index (χ0) is 17.3. The average molecular weight is 364 g/mol. The molecule has 6 heteroatoms. The van der Waals surface area contributed by atoms with Crippen molar-refractivity contribution in [2.45, 2.75) is 63.9 Å². The summed E-state index contributed by atoms with van der Waals surface area (Å²) in [5.41, 5.74) is 1.27. The maximum absolute atomic E-state index is 12.2. The zero-order valence-corrected chi connectivity index (χ0v) is 16.4. The van der Waals surface area contributed by atoms with Crippen molar-refractivity contribution in [3.05, 3.63) is 16.8 Å². The Labute approximate surface area is 151 Å². The Hall–Kier alpha value is -1.14. The molecule has 1 N–H and O–H groups in total. The molecule has 4 nitrogen and oxygen atoms in total. The standard InChI is InChI=1S/C18H25N3OS2/c1-5-18(3,4)21-14(22)9-23-16-15-12-7-6-11(2)8-13(12)24-17(15)20-10-19-16/h10-11H,5-9H2,1-4H3,(H,21,22). The summed E-state index contributed by atoms with van der Waals surface area (Å²) in [6, 6.07) is 0. The SMILES string of the molecule is CCC(C)(C)NC(=O)CSc1ncnc2sc3c(c12)CCC(C)C3. The number of amides is 1. The van der Waals surface area contributed by atoms with Crippen LogP contribution in [0.5, 0.6) is 0 Å². The van der Waals surface area contributed by atoms with Crippen molar-refractivity contribution in [3.63, 3.8) is 0 Å². The summed E-state index contributed by atoms with van der Waals surface area (Å²) in [5.74, 6) is 1.21. The van der Waals surface area contributed by atoms with Gasteiger partial charge in [0.1, 0.15) is 16.2 Å². The molecule has 2 aromatic heterocycles. The second kappa shape index (κ2) is 7.00. The van der Waals surface area contributed by atoms with Gasteiger partial charge in [-0.25, -0.2) is 9.97 Å². The number of carbonyl (C=O) groups excluding carboxylic acids is 1. The summed E-state index contributed by atoms with van der Waals surface area (Å²) in [6.07, 6.45) is 6.02. The van der Waals surface area contributed by atoms with E-state index in [0.29, 0.717) is 5.75 Å². The molecule has 2 aromatic rings. The van der Waals surface area contributed by atoms with E-state index >= 15 is 0 Å². The van der Waals surface area contributed by atoms with Crippen molar-refractivity contribution in [1.82, 2.24) is 15.3 Å². The molecule has 24 heavy (non-hydrogen) atoms. The Morgan fingerprint density at radius 1 is 1.46 bits per heavy atom. The van der Waals surface area contributed by atoms with Crippen LogP contribution in [0.2, 0.25) is 0 Å². The molecule has 0 aliphatic heterocycles. The van der Waals surface area contributed by atoms with E-state index in [2.05, 4.69) is 43.0 Å². The lowest BCUT2D eigenvalue weighted by Gasteiger charge is -2.24. The number of thiophene rings is 1. The van der Waals surface area contributed by atoms with Crippen LogP contribution < -0.4 is 5.32 Å². The van der Waals surface area contributed by atoms with Crippen LogP contribution in [0.3, 0.4) is 0 Å². The third kappa shape index (κ3) is 3.75. The lowest BCUT2D eigenvalue weighted by Crippen LogP contribution is -2.43. The second-order valence-electron chi connectivity index (χ2n) is 7.29. The number of hydrogen-bond acceptors (Lipinski definition) is 5. The average Bonchev–Trinajstić information content (AvgIpc) is 2.90. The van der Waals surface area contributed by atoms with Crippen molar-refractivity contribution in [1.29, 1.82) is 0 Å². The van der Waals surface area contributed by atoms with E-state index < -0.39 is 0 Å². The first-order valence-corrected chi connectivity index (χ1v) is 10.4. The fourth-order valence-corrected chi connectivity index (χ4v) is 5.23. The lowest BCUT2D eigenvalue weighted by molar-refractivity contribution is -0.120. The van der Waals surface area contributed by atoms with Crippen molar-refractivity contribution in [2.75, 3.05) is 5.75 Å². The summed E-state index contributed by atoms with van der Waals surface area (Å²) in [7, 11) is 0. The van der Waals surface area contributed by atoms with Gasteiger partial charge in [0.2, 0.25) is 5.91 Å². The highest BCUT2D eigenvalue weighted by molar-refractivity contribution is 8.00. The number of nitrogens with zero attached hydrogens (tertiary/aromatic N) is 2. The summed E-state index contributed by atoms with van der Waals surface area (Å²) in [4.78, 5) is 23.7. The van der Waals surface area contributed by atoms with Crippen LogP contribution >= 0.6 is 23.1 Å². The van der Waals surface area contributed by atoms with Crippen LogP contribution in [0.25, 0.3) is 10.2 Å². The monoisotopic (exact) mass is 363 g/mol. The van der Waals surface area contributed by atoms with Crippen LogP contribution in [0.1, 0.15) is 51.0 Å². The van der Waals surface area contributed by atoms with Gasteiger partial charge in [-0.3, -0.25) is 4.79 Å². The number of rotatable bonds is 5. The van der Waals surface area contributed by atoms with Gasteiger partial charge < -0.3 is 5.32 Å². The fraction of sp³-hybridized carbons (Fsp3) is 0.611. The molecule has 1 atom stereocenters. The number of aromatic nitrogens is 2. The quantitative estimate of drug-likeness (QED) is 0.638. The number of hydrogen-bond donors (Lipinski definition) is 1. The Morgan fingerprint density at radius 3 is 3.00 bits per heavy atom. The summed E-state index contributed by atoms with van der Waals surface area (Å²) in [5, 5.41) is 5.23. The van der Waals surface area contributed by atoms with E-state index in [1.807, 2.05) is 0 Å². The first-order valence-electron chi connectivity index (χ1n) is 8.58. The molecule has 0 saturated heterocycles. The summed E-state index contributed by atoms with van der Waals surface area (Å²) < 4.78 is 0. The molecular weight excluding hydrogens is 338 g/mol. The largest absolute Gasteiger partial charge is 0.351 e. The van der Waals surface area contributed by atoms with Crippen molar-refractivity contribution >= 4 is 39.2 Å². The van der Waals surface area contributed by atoms with Crippen molar-refractivity contribution in [2.24, 2.45) is 5.92 Å². The summed E-state index contributed by atoms with van der Waals surface area (Å²) >= 11 is 3.33. The van der Waals surface area contributed by atoms with Crippen LogP contribution in [-0.2, 0) is 17.6 Å². The predicted molar refractivity (Wildman–Crippen MR) is 102 cm³/mol. The van der Waals surface area contributed by atoms with Gasteiger partial charge in [0.05, 0.1) is 5.75 Å². The highest BCUT2D eigenvalue weighted by Gasteiger charge is 2.24. The van der Waals surface area contributed by atoms with Gasteiger partial charge in [-0.1, -0.05) is 25.6 Å². The van der Waals surface area contributed by atoms with E-state index in [1.165, 1.54) is 34.0 Å². The Morgan fingerprint density at radius 2 is 2.25 bits per heavy atom. The van der Waals surface area contributed by atoms with Gasteiger partial charge >= 0.3 is 0 Å². The van der Waals surface area contributed by atoms with Crippen LogP contribution in [0.4, 0.5) is 0 Å². The lowest BCUT2D eigenvalue weighted by atomic mass is 9.89. The number of fused-ring (bicyclic) bond motifs is 3. The van der Waals surface area contributed by atoms with Gasteiger partial charge in [-0.15, -0.1) is 11.3 Å². The number of aryl methyl sites for hydroxylation is 1. The molecule has 0 fully saturated rings. The molecule has 0 bridgehead atoms. The Balaban J connectivity index is 1.79. The van der Waals surface area contributed by atoms with E-state index in [-0.39, 0.29) is 11.4 Å². The van der Waals surface area contributed by atoms with Crippen LogP contribution in [-0.4, -0.2) is 27.2 Å². The third-order valence-corrected chi connectivity index (χ3v) is 6.91. The van der Waals surface area contributed by atoms with E-state index in [9.17, 15) is 4.79 Å². The fourth-order valence-electron chi connectivity index (χ4n) is 2.99. The van der Waals surface area contributed by atoms with Gasteiger partial charge in [0.15, 0.2) is 0 Å². The van der Waals surface area contributed by atoms with Crippen molar-refractivity contribution < 1.29 is 4.79 Å². The molecule has 1 amide bonds. The maximum Gasteiger partial charge on any atom is 0.230 e. The number of carbonyl (C=O) groups is 1. The molecule has 2 heterocycles. The molecule has 1 unspecified atom stereocenters. The van der Waals surface area contributed by atoms with Crippen molar-refractivity contribution in [3.8, 4) is 0 Å². The molecule has 3 rings (SSSR count). The highest BCUT2D eigenvalue weighted by atomic mass is 32.2. The molecular formula is C18H25N3OS2. The molecule has 1 aliphatic rings. The predicted octanol–water partition coefficient (Wildman–Crippen LogP) is 4.21. The van der Waals surface area contributed by atoms with Gasteiger partial charge in [-0.05, 0) is 51.0 Å². The molecule has 0 aromatic carbocycles. The van der Waals surface area contributed by atoms with E-state index in [0.717, 1.165) is 35.0 Å². The maximum atomic E-state index is 12.2. The topological polar surface area (TPSA) is 54.9 Å². The summed E-state index contributed by atoms with van der Waals surface area (Å²) in [6.45, 7) is 8.50. The highest BCUT2D eigenvalue weighted by Crippen LogP contribution is 2.40. The Kier molecular flexibility index (Phi) is 5.16. The minimum atomic E-state index is -0.156. The molecule has 1 aliphatic carbocycles. The minimum absolute atomic E-state index is 0.0660. The minimum Gasteiger partial charge on any atom is -0.351 e. The first-order chi connectivity index (χ1) is 11.4. The number of nitrogens with one attached hydrogen (secondary N) is 1. The van der Waals surface area contributed by atoms with Gasteiger partial charge in [0.25, 0.3) is 0 Å². The second-order valence-corrected chi connectivity index (χ2v) is 9.33. The zero-order valence-electron chi connectivity index (χ0n) is 14.8. The molecule has 130 valence electrons. The van der Waals surface area contributed by atoms with Crippen LogP contribution in [0, 0.1) is 5.92 Å². The molecule has 0 saturated carbocycles. The van der Waals surface area contributed by atoms with E-state index in [1.54, 1.807) is 17.7 Å². The number of thioether (sulfide) groups is 1. The molecule has 0 radical (unpaired) electrons. The first kappa shape index (κ1) is 17.7. The molecule has 0 spiro atoms. The normalized spacial score (nSPS) is 17.8. The van der Waals surface area contributed by atoms with Gasteiger partial charge in [0, 0.05) is 15.8 Å². The van der Waals surface area contributed by atoms with E-state index in [4.69, 9.17) is 0 Å². The third-order valence-electron chi connectivity index (χ3n) is 4.76. The smallest absolute Gasteiger partial charge is 0.230 e. The Bertz CT molecular complexity index is 754.